The van der Waals surface area contributed by atoms with Gasteiger partial charge in [-0.1, -0.05) is 18.2 Å². The van der Waals surface area contributed by atoms with Crippen molar-refractivity contribution in [2.45, 2.75) is 26.4 Å². The van der Waals surface area contributed by atoms with E-state index >= 15 is 0 Å². The number of aromatic nitrogens is 1. The summed E-state index contributed by atoms with van der Waals surface area (Å²) in [6, 6.07) is 16.6. The molecule has 0 bridgehead atoms. The third-order valence-corrected chi connectivity index (χ3v) is 5.85. The maximum Gasteiger partial charge on any atom is 0.296 e. The Kier molecular flexibility index (Phi) is 7.53. The molecule has 8 heteroatoms. The number of carbonyl (C=O) groups is 2. The van der Waals surface area contributed by atoms with Gasteiger partial charge in [0.05, 0.1) is 49.7 Å². The Morgan fingerprint density at radius 2 is 1.69 bits per heavy atom. The van der Waals surface area contributed by atoms with Crippen molar-refractivity contribution >= 4 is 17.4 Å². The molecule has 0 spiro atoms. The number of nitrogens with zero attached hydrogens (tertiary/aromatic N) is 2. The van der Waals surface area contributed by atoms with Crippen LogP contribution in [0, 0.1) is 0 Å². The Morgan fingerprint density at radius 1 is 0.972 bits per heavy atom. The number of hydrogen-bond acceptors (Lipinski definition) is 7. The zero-order chi connectivity index (χ0) is 25.7. The fraction of sp³-hybridized carbons (Fsp3) is 0.250. The van der Waals surface area contributed by atoms with Crippen molar-refractivity contribution in [1.29, 1.82) is 0 Å². The van der Waals surface area contributed by atoms with E-state index < -0.39 is 17.7 Å². The van der Waals surface area contributed by atoms with Gasteiger partial charge in [-0.05, 0) is 55.8 Å². The fourth-order valence-electron chi connectivity index (χ4n) is 4.22. The molecule has 36 heavy (non-hydrogen) atoms. The molecule has 8 nitrogen and oxygen atoms in total. The number of aliphatic hydroxyl groups excluding tert-OH is 1. The highest BCUT2D eigenvalue weighted by atomic mass is 16.5. The Labute approximate surface area is 209 Å². The lowest BCUT2D eigenvalue weighted by atomic mass is 9.94. The lowest BCUT2D eigenvalue weighted by Gasteiger charge is -2.25. The van der Waals surface area contributed by atoms with Gasteiger partial charge in [-0.15, -0.1) is 0 Å². The van der Waals surface area contributed by atoms with Crippen molar-refractivity contribution in [3.8, 4) is 17.2 Å². The number of rotatable bonds is 9. The SMILES string of the molecule is CCOc1ccc(/C(O)=C2/C(=O)C(=O)N(Cc3ccccn3)C2c2ccc(OC)cc2)c(OCC)c1. The number of methoxy groups -OCH3 is 1. The van der Waals surface area contributed by atoms with Crippen molar-refractivity contribution < 1.29 is 28.9 Å². The molecule has 1 aliphatic heterocycles. The third kappa shape index (κ3) is 4.88. The molecule has 1 aromatic heterocycles. The maximum atomic E-state index is 13.3. The molecule has 0 saturated carbocycles. The van der Waals surface area contributed by atoms with Crippen molar-refractivity contribution in [2.24, 2.45) is 0 Å². The number of pyridine rings is 1. The van der Waals surface area contributed by atoms with Crippen molar-refractivity contribution in [2.75, 3.05) is 20.3 Å². The van der Waals surface area contributed by atoms with Crippen LogP contribution in [0.2, 0.25) is 0 Å². The first-order valence-electron chi connectivity index (χ1n) is 11.7. The molecule has 2 aromatic carbocycles. The lowest BCUT2D eigenvalue weighted by Crippen LogP contribution is -2.29. The van der Waals surface area contributed by atoms with E-state index in [1.807, 2.05) is 19.9 Å². The van der Waals surface area contributed by atoms with Gasteiger partial charge in [0, 0.05) is 12.3 Å². The van der Waals surface area contributed by atoms with Gasteiger partial charge in [0.2, 0.25) is 0 Å². The first-order valence-corrected chi connectivity index (χ1v) is 11.7. The normalized spacial score (nSPS) is 16.8. The van der Waals surface area contributed by atoms with Crippen molar-refractivity contribution in [3.63, 3.8) is 0 Å². The molecule has 1 amide bonds. The standard InChI is InChI=1S/C28H28N2O6/c1-4-35-21-13-14-22(23(16-21)36-5-2)26(31)24-25(18-9-11-20(34-3)12-10-18)30(28(33)27(24)32)17-19-8-6-7-15-29-19/h6-16,25,31H,4-5,17H2,1-3H3/b26-24-. The molecule has 1 saturated heterocycles. The van der Waals surface area contributed by atoms with E-state index in [-0.39, 0.29) is 17.9 Å². The van der Waals surface area contributed by atoms with Crippen LogP contribution in [0.3, 0.4) is 0 Å². The minimum Gasteiger partial charge on any atom is -0.507 e. The Bertz CT molecular complexity index is 1270. The summed E-state index contributed by atoms with van der Waals surface area (Å²) in [5.74, 6) is -0.257. The second kappa shape index (κ2) is 10.9. The quantitative estimate of drug-likeness (QED) is 0.269. The number of ether oxygens (including phenoxy) is 3. The number of amides is 1. The van der Waals surface area contributed by atoms with Crippen LogP contribution in [0.4, 0.5) is 0 Å². The average Bonchev–Trinajstić information content (AvgIpc) is 3.14. The molecule has 0 radical (unpaired) electrons. The molecule has 2 heterocycles. The third-order valence-electron chi connectivity index (χ3n) is 5.85. The summed E-state index contributed by atoms with van der Waals surface area (Å²) in [5.41, 5.74) is 1.55. The van der Waals surface area contributed by atoms with Gasteiger partial charge >= 0.3 is 0 Å². The van der Waals surface area contributed by atoms with Crippen LogP contribution in [0.25, 0.3) is 5.76 Å². The summed E-state index contributed by atoms with van der Waals surface area (Å²) >= 11 is 0. The summed E-state index contributed by atoms with van der Waals surface area (Å²) < 4.78 is 16.6. The second-order valence-corrected chi connectivity index (χ2v) is 8.05. The molecular weight excluding hydrogens is 460 g/mol. The molecule has 1 unspecified atom stereocenters. The molecule has 3 aromatic rings. The van der Waals surface area contributed by atoms with Crippen molar-refractivity contribution in [3.05, 3.63) is 89.3 Å². The summed E-state index contributed by atoms with van der Waals surface area (Å²) in [6.45, 7) is 4.59. The van der Waals surface area contributed by atoms with E-state index in [1.54, 1.807) is 67.9 Å². The zero-order valence-corrected chi connectivity index (χ0v) is 20.4. The Balaban J connectivity index is 1.87. The smallest absolute Gasteiger partial charge is 0.296 e. The van der Waals surface area contributed by atoms with Crippen LogP contribution in [-0.4, -0.2) is 47.0 Å². The number of Topliss-reactive ketones (excluding diaryl/α,β-unsaturated/α-hetero) is 1. The van der Waals surface area contributed by atoms with E-state index in [9.17, 15) is 14.7 Å². The van der Waals surface area contributed by atoms with Gasteiger partial charge in [0.1, 0.15) is 23.0 Å². The van der Waals surface area contributed by atoms with Gasteiger partial charge in [0.25, 0.3) is 11.7 Å². The monoisotopic (exact) mass is 488 g/mol. The first-order chi connectivity index (χ1) is 17.5. The number of benzene rings is 2. The van der Waals surface area contributed by atoms with Gasteiger partial charge in [0.15, 0.2) is 0 Å². The van der Waals surface area contributed by atoms with Gasteiger partial charge in [-0.2, -0.15) is 0 Å². The van der Waals surface area contributed by atoms with Crippen LogP contribution < -0.4 is 14.2 Å². The van der Waals surface area contributed by atoms with Crippen LogP contribution in [0.15, 0.2) is 72.4 Å². The summed E-state index contributed by atoms with van der Waals surface area (Å²) in [6.07, 6.45) is 1.63. The molecule has 0 aliphatic carbocycles. The van der Waals surface area contributed by atoms with Crippen LogP contribution in [-0.2, 0) is 16.1 Å². The second-order valence-electron chi connectivity index (χ2n) is 8.05. The van der Waals surface area contributed by atoms with Crippen LogP contribution >= 0.6 is 0 Å². The van der Waals surface area contributed by atoms with Gasteiger partial charge < -0.3 is 24.2 Å². The molecule has 186 valence electrons. The zero-order valence-electron chi connectivity index (χ0n) is 20.4. The molecule has 1 N–H and O–H groups in total. The number of ketones is 1. The van der Waals surface area contributed by atoms with Crippen LogP contribution in [0.5, 0.6) is 17.2 Å². The number of likely N-dealkylation sites (tertiary alicyclic amines) is 1. The summed E-state index contributed by atoms with van der Waals surface area (Å²) in [4.78, 5) is 32.3. The number of aliphatic hydroxyl groups is 1. The largest absolute Gasteiger partial charge is 0.507 e. The van der Waals surface area contributed by atoms with Gasteiger partial charge in [-0.25, -0.2) is 0 Å². The predicted molar refractivity (Wildman–Crippen MR) is 134 cm³/mol. The molecule has 1 atom stereocenters. The molecule has 4 rings (SSSR count). The minimum atomic E-state index is -0.834. The number of carbonyl (C=O) groups excluding carboxylic acids is 2. The summed E-state index contributed by atoms with van der Waals surface area (Å²) in [5, 5.41) is 11.5. The Hall–Kier alpha value is -4.33. The van der Waals surface area contributed by atoms with E-state index in [0.29, 0.717) is 47.3 Å². The highest BCUT2D eigenvalue weighted by Gasteiger charge is 2.46. The average molecular weight is 489 g/mol. The highest BCUT2D eigenvalue weighted by Crippen LogP contribution is 2.42. The highest BCUT2D eigenvalue weighted by molar-refractivity contribution is 6.46. The van der Waals surface area contributed by atoms with E-state index in [0.717, 1.165) is 0 Å². The van der Waals surface area contributed by atoms with Gasteiger partial charge in [-0.3, -0.25) is 14.6 Å². The van der Waals surface area contributed by atoms with Crippen molar-refractivity contribution in [1.82, 2.24) is 9.88 Å². The summed E-state index contributed by atoms with van der Waals surface area (Å²) in [7, 11) is 1.56. The lowest BCUT2D eigenvalue weighted by molar-refractivity contribution is -0.140. The topological polar surface area (TPSA) is 98.2 Å². The molecular formula is C28H28N2O6. The van der Waals surface area contributed by atoms with E-state index in [2.05, 4.69) is 4.98 Å². The molecule has 1 fully saturated rings. The van der Waals surface area contributed by atoms with Crippen LogP contribution in [0.1, 0.15) is 36.7 Å². The number of hydrogen-bond donors (Lipinski definition) is 1. The maximum absolute atomic E-state index is 13.3. The fourth-order valence-corrected chi connectivity index (χ4v) is 4.22. The first kappa shape index (κ1) is 24.8. The van der Waals surface area contributed by atoms with E-state index in [1.165, 1.54) is 4.90 Å². The minimum absolute atomic E-state index is 0.0220. The molecule has 1 aliphatic rings. The Morgan fingerprint density at radius 3 is 2.33 bits per heavy atom. The van der Waals surface area contributed by atoms with E-state index in [4.69, 9.17) is 14.2 Å². The predicted octanol–water partition coefficient (Wildman–Crippen LogP) is 4.51.